The second-order valence-corrected chi connectivity index (χ2v) is 18.3. The van der Waals surface area contributed by atoms with Crippen molar-refractivity contribution in [1.29, 1.82) is 0 Å². The Morgan fingerprint density at radius 3 is 1.78 bits per heavy atom. The number of piperidine rings is 1. The van der Waals surface area contributed by atoms with Crippen molar-refractivity contribution in [3.05, 3.63) is 71.8 Å². The minimum atomic E-state index is -1.40. The quantitative estimate of drug-likeness (QED) is 0.0598. The maximum absolute atomic E-state index is 14.2. The smallest absolute Gasteiger partial charge is 0.408 e. The van der Waals surface area contributed by atoms with E-state index in [0.717, 1.165) is 11.1 Å². The third-order valence-corrected chi connectivity index (χ3v) is 9.87. The lowest BCUT2D eigenvalue weighted by atomic mass is 9.88. The van der Waals surface area contributed by atoms with Gasteiger partial charge in [0, 0.05) is 26.1 Å². The maximum Gasteiger partial charge on any atom is 0.408 e. The van der Waals surface area contributed by atoms with E-state index in [1.165, 1.54) is 7.11 Å². The summed E-state index contributed by atoms with van der Waals surface area (Å²) in [6.07, 6.45) is -0.727. The second kappa shape index (κ2) is 24.8. The van der Waals surface area contributed by atoms with Crippen LogP contribution in [-0.2, 0) is 51.2 Å². The van der Waals surface area contributed by atoms with Gasteiger partial charge in [-0.05, 0) is 97.1 Å². The van der Waals surface area contributed by atoms with E-state index in [0.29, 0.717) is 12.8 Å². The molecule has 1 aliphatic heterocycles. The van der Waals surface area contributed by atoms with Gasteiger partial charge in [-0.15, -0.1) is 0 Å². The summed E-state index contributed by atoms with van der Waals surface area (Å²) >= 11 is 0. The second-order valence-electron chi connectivity index (χ2n) is 18.3. The number of hydrogen-bond acceptors (Lipinski definition) is 12. The van der Waals surface area contributed by atoms with Crippen LogP contribution in [0.1, 0.15) is 105 Å². The van der Waals surface area contributed by atoms with E-state index < -0.39 is 76.8 Å². The number of benzene rings is 2. The lowest BCUT2D eigenvalue weighted by molar-refractivity contribution is -0.151. The summed E-state index contributed by atoms with van der Waals surface area (Å²) in [5.74, 6) is -2.53. The van der Waals surface area contributed by atoms with Crippen LogP contribution in [0.15, 0.2) is 60.7 Å². The number of nitrogens with zero attached hydrogens (tertiary/aromatic N) is 1. The molecule has 1 aliphatic rings. The Bertz CT molecular complexity index is 1840. The zero-order valence-electron chi connectivity index (χ0n) is 38.8. The van der Waals surface area contributed by atoms with E-state index in [4.69, 9.17) is 18.9 Å². The maximum atomic E-state index is 14.2. The van der Waals surface area contributed by atoms with Crippen molar-refractivity contribution in [2.45, 2.75) is 142 Å². The molecule has 6 N–H and O–H groups in total. The van der Waals surface area contributed by atoms with Gasteiger partial charge in [-0.25, -0.2) is 24.2 Å². The van der Waals surface area contributed by atoms with E-state index in [9.17, 15) is 33.6 Å². The first-order chi connectivity index (χ1) is 30.1. The molecule has 0 aromatic heterocycles. The number of carbonyl (C=O) groups is 7. The van der Waals surface area contributed by atoms with E-state index in [1.54, 1.807) is 58.7 Å². The van der Waals surface area contributed by atoms with Crippen molar-refractivity contribution < 1.29 is 52.5 Å². The summed E-state index contributed by atoms with van der Waals surface area (Å²) in [4.78, 5) is 93.2. The fraction of sp³-hybridized carbons (Fsp3) is 0.587. The van der Waals surface area contributed by atoms with Crippen molar-refractivity contribution in [2.75, 3.05) is 26.7 Å². The number of carbonyl (C=O) groups excluding carboxylic acids is 7. The number of hydrazine groups is 1. The molecule has 1 saturated heterocycles. The Labute approximate surface area is 377 Å². The molecule has 0 saturated carbocycles. The molecule has 0 spiro atoms. The number of ether oxygens (including phenoxy) is 4. The molecule has 1 fully saturated rings. The van der Waals surface area contributed by atoms with Gasteiger partial charge < -0.3 is 45.5 Å². The molecule has 354 valence electrons. The monoisotopic (exact) mass is 896 g/mol. The highest BCUT2D eigenvalue weighted by Crippen LogP contribution is 2.24. The van der Waals surface area contributed by atoms with Crippen LogP contribution in [0.5, 0.6) is 0 Å². The average Bonchev–Trinajstić information content (AvgIpc) is 3.21. The van der Waals surface area contributed by atoms with E-state index >= 15 is 0 Å². The van der Waals surface area contributed by atoms with Gasteiger partial charge in [0.1, 0.15) is 41.5 Å². The summed E-state index contributed by atoms with van der Waals surface area (Å²) in [5.41, 5.74) is 1.48. The Morgan fingerprint density at radius 2 is 1.22 bits per heavy atom. The summed E-state index contributed by atoms with van der Waals surface area (Å²) in [5, 5.41) is 15.3. The number of esters is 1. The molecule has 0 aliphatic carbocycles. The number of rotatable bonds is 20. The zero-order valence-corrected chi connectivity index (χ0v) is 38.8. The number of methoxy groups -OCH3 is 1. The molecule has 64 heavy (non-hydrogen) atoms. The van der Waals surface area contributed by atoms with Crippen LogP contribution in [0.2, 0.25) is 0 Å². The minimum Gasteiger partial charge on any atom is -0.467 e. The molecule has 2 aromatic rings. The van der Waals surface area contributed by atoms with Crippen molar-refractivity contribution in [1.82, 2.24) is 37.0 Å². The van der Waals surface area contributed by atoms with Gasteiger partial charge in [0.2, 0.25) is 11.8 Å². The molecule has 3 rings (SSSR count). The first-order valence-corrected chi connectivity index (χ1v) is 21.8. The van der Waals surface area contributed by atoms with E-state index in [-0.39, 0.29) is 64.3 Å². The number of hydrogen-bond donors (Lipinski definition) is 6. The van der Waals surface area contributed by atoms with Crippen LogP contribution >= 0.6 is 0 Å². The molecule has 1 heterocycles. The highest BCUT2D eigenvalue weighted by Gasteiger charge is 2.45. The molecule has 18 heteroatoms. The van der Waals surface area contributed by atoms with Gasteiger partial charge in [0.15, 0.2) is 0 Å². The number of nitrogens with one attached hydrogen (secondary N) is 6. The number of unbranched alkanes of at least 4 members (excludes halogenated alkanes) is 1. The summed E-state index contributed by atoms with van der Waals surface area (Å²) in [7, 11) is 1.22. The van der Waals surface area contributed by atoms with Crippen LogP contribution in [0.25, 0.3) is 0 Å². The molecule has 6 amide bonds. The molecular formula is C46H69N7O11. The van der Waals surface area contributed by atoms with E-state index in [1.807, 2.05) is 62.4 Å². The Balaban J connectivity index is 1.78. The lowest BCUT2D eigenvalue weighted by Crippen LogP contribution is -2.64. The van der Waals surface area contributed by atoms with Crippen LogP contribution in [0.4, 0.5) is 14.4 Å². The van der Waals surface area contributed by atoms with Gasteiger partial charge in [-0.1, -0.05) is 74.5 Å². The van der Waals surface area contributed by atoms with Crippen molar-refractivity contribution in [3.63, 3.8) is 0 Å². The molecule has 18 nitrogen and oxygen atoms in total. The van der Waals surface area contributed by atoms with Crippen LogP contribution in [0, 0.1) is 5.92 Å². The van der Waals surface area contributed by atoms with Crippen molar-refractivity contribution in [3.8, 4) is 0 Å². The first kappa shape index (κ1) is 52.4. The molecular weight excluding hydrogens is 827 g/mol. The number of alkyl carbamates (subject to hydrolysis) is 3. The van der Waals surface area contributed by atoms with Crippen molar-refractivity contribution >= 4 is 42.0 Å². The number of amides is 6. The van der Waals surface area contributed by atoms with Gasteiger partial charge in [0.05, 0.1) is 7.11 Å². The fourth-order valence-corrected chi connectivity index (χ4v) is 6.77. The summed E-state index contributed by atoms with van der Waals surface area (Å²) < 4.78 is 21.2. The highest BCUT2D eigenvalue weighted by atomic mass is 16.6. The van der Waals surface area contributed by atoms with Gasteiger partial charge in [-0.3, -0.25) is 19.8 Å². The van der Waals surface area contributed by atoms with Gasteiger partial charge in [0.25, 0.3) is 5.91 Å². The fourth-order valence-electron chi connectivity index (χ4n) is 6.77. The molecule has 0 radical (unpaired) electrons. The Kier molecular flexibility index (Phi) is 20.3. The molecule has 0 unspecified atom stereocenters. The topological polar surface area (TPSA) is 232 Å². The molecule has 2 aromatic carbocycles. The Morgan fingerprint density at radius 1 is 0.672 bits per heavy atom. The third-order valence-electron chi connectivity index (χ3n) is 9.87. The van der Waals surface area contributed by atoms with Gasteiger partial charge in [-0.2, -0.15) is 0 Å². The van der Waals surface area contributed by atoms with E-state index in [2.05, 4.69) is 32.0 Å². The van der Waals surface area contributed by atoms with Gasteiger partial charge >= 0.3 is 24.2 Å². The predicted molar refractivity (Wildman–Crippen MR) is 238 cm³/mol. The van der Waals surface area contributed by atoms with Crippen LogP contribution in [-0.4, -0.2) is 109 Å². The third kappa shape index (κ3) is 19.2. The standard InChI is InChI=1S/C46H69N7O11/c1-31(2)28-35(49-38(55)36(29-32-18-12-10-13-19-32)50-42(59)62-30-33-20-14-11-15-21-33)37(54)48-34(22-16-17-25-47-41(58)63-44(3,4)5)39(56)52-53-26-23-46(24-27-53,40(57)61-9)51-43(60)64-45(6,7)8/h10-15,18-21,31,34-36H,16-17,22-30H2,1-9H3,(H,47,58)(H,48,54)(H,49,55)(H,50,59)(H,51,60)(H,52,56)/t34-,35-,36-/m1/s1. The lowest BCUT2D eigenvalue weighted by Gasteiger charge is -2.40. The average molecular weight is 896 g/mol. The normalized spacial score (nSPS) is 15.3. The summed E-state index contributed by atoms with van der Waals surface area (Å²) in [6.45, 7) is 14.6. The largest absolute Gasteiger partial charge is 0.467 e. The summed E-state index contributed by atoms with van der Waals surface area (Å²) in [6, 6.07) is 14.9. The SMILES string of the molecule is COC(=O)C1(NC(=O)OC(C)(C)C)CCN(NC(=O)[C@@H](CCCCNC(=O)OC(C)(C)C)NC(=O)[C@@H](CC(C)C)NC(=O)[C@@H](Cc2ccccc2)NC(=O)OCc2ccccc2)CC1. The Hall–Kier alpha value is -5.91. The van der Waals surface area contributed by atoms with Crippen LogP contribution in [0.3, 0.4) is 0 Å². The molecule has 0 bridgehead atoms. The highest BCUT2D eigenvalue weighted by molar-refractivity contribution is 5.94. The molecule has 3 atom stereocenters. The van der Waals surface area contributed by atoms with Crippen LogP contribution < -0.4 is 32.0 Å². The predicted octanol–water partition coefficient (Wildman–Crippen LogP) is 4.80. The minimum absolute atomic E-state index is 0.0161. The first-order valence-electron chi connectivity index (χ1n) is 21.8. The van der Waals surface area contributed by atoms with Crippen molar-refractivity contribution in [2.24, 2.45) is 5.92 Å². The zero-order chi connectivity index (χ0) is 47.5.